The van der Waals surface area contributed by atoms with Gasteiger partial charge >= 0.3 is 5.97 Å². The van der Waals surface area contributed by atoms with E-state index in [0.29, 0.717) is 12.3 Å². The molecule has 6 heteroatoms. The molecule has 0 aromatic carbocycles. The number of methoxy groups -OCH3 is 1. The second-order valence-corrected chi connectivity index (χ2v) is 6.30. The number of hydrogen-bond donors (Lipinski definition) is 2. The van der Waals surface area contributed by atoms with Gasteiger partial charge in [0.1, 0.15) is 6.04 Å². The van der Waals surface area contributed by atoms with Gasteiger partial charge in [-0.1, -0.05) is 13.8 Å². The highest BCUT2D eigenvalue weighted by atomic mass is 16.5. The minimum atomic E-state index is -0.585. The zero-order valence-electron chi connectivity index (χ0n) is 13.5. The Morgan fingerprint density at radius 2 is 2.05 bits per heavy atom. The van der Waals surface area contributed by atoms with Gasteiger partial charge in [-0.05, 0) is 38.1 Å². The number of amides is 1. The number of carbonyl (C=O) groups excluding carboxylic acids is 2. The molecular weight excluding hydrogens is 272 g/mol. The lowest BCUT2D eigenvalue weighted by Crippen LogP contribution is -2.46. The molecule has 1 amide bonds. The van der Waals surface area contributed by atoms with Crippen molar-refractivity contribution in [3.8, 4) is 0 Å². The molecule has 0 radical (unpaired) electrons. The summed E-state index contributed by atoms with van der Waals surface area (Å²) in [5.74, 6) is -0.0525. The maximum Gasteiger partial charge on any atom is 0.328 e. The van der Waals surface area contributed by atoms with Gasteiger partial charge in [0.05, 0.1) is 19.8 Å². The van der Waals surface area contributed by atoms with Gasteiger partial charge < -0.3 is 15.2 Å². The van der Waals surface area contributed by atoms with Crippen molar-refractivity contribution in [1.29, 1.82) is 0 Å². The maximum atomic E-state index is 12.1. The molecule has 6 nitrogen and oxygen atoms in total. The predicted octanol–water partition coefficient (Wildman–Crippen LogP) is 0.393. The number of nitrogens with zero attached hydrogens (tertiary/aromatic N) is 1. The van der Waals surface area contributed by atoms with Crippen LogP contribution in [0.1, 0.15) is 33.6 Å². The first kappa shape index (κ1) is 17.9. The Hall–Kier alpha value is -1.14. The molecule has 1 aliphatic rings. The summed E-state index contributed by atoms with van der Waals surface area (Å²) in [6.07, 6.45) is 1.12. The monoisotopic (exact) mass is 300 g/mol. The van der Waals surface area contributed by atoms with Crippen LogP contribution in [0, 0.1) is 11.8 Å². The van der Waals surface area contributed by atoms with Gasteiger partial charge in [0.15, 0.2) is 0 Å². The van der Waals surface area contributed by atoms with Gasteiger partial charge in [-0.25, -0.2) is 4.79 Å². The summed E-state index contributed by atoms with van der Waals surface area (Å²) >= 11 is 0. The lowest BCUT2D eigenvalue weighted by atomic mass is 10.0. The minimum absolute atomic E-state index is 0.169. The van der Waals surface area contributed by atoms with E-state index in [2.05, 4.69) is 5.32 Å². The average Bonchev–Trinajstić information content (AvgIpc) is 2.85. The second kappa shape index (κ2) is 8.34. The van der Waals surface area contributed by atoms with Gasteiger partial charge in [0.25, 0.3) is 0 Å². The fourth-order valence-corrected chi connectivity index (χ4v) is 2.67. The molecule has 1 rings (SSSR count). The molecule has 1 heterocycles. The van der Waals surface area contributed by atoms with Crippen LogP contribution in [0.4, 0.5) is 0 Å². The number of likely N-dealkylation sites (tertiary alicyclic amines) is 1. The van der Waals surface area contributed by atoms with Crippen LogP contribution in [0.25, 0.3) is 0 Å². The van der Waals surface area contributed by atoms with Crippen LogP contribution in [-0.2, 0) is 14.3 Å². The van der Waals surface area contributed by atoms with Crippen LogP contribution in [-0.4, -0.2) is 60.8 Å². The lowest BCUT2D eigenvalue weighted by Gasteiger charge is -2.21. The summed E-state index contributed by atoms with van der Waals surface area (Å²) in [5, 5.41) is 12.3. The normalized spacial score (nSPS) is 22.1. The number of hydrogen-bond acceptors (Lipinski definition) is 5. The highest BCUT2D eigenvalue weighted by Gasteiger charge is 2.28. The van der Waals surface area contributed by atoms with Crippen LogP contribution in [0.15, 0.2) is 0 Å². The Morgan fingerprint density at radius 3 is 2.52 bits per heavy atom. The van der Waals surface area contributed by atoms with E-state index in [0.717, 1.165) is 19.5 Å². The molecule has 1 aliphatic heterocycles. The van der Waals surface area contributed by atoms with Crippen LogP contribution in [0.3, 0.4) is 0 Å². The average molecular weight is 300 g/mol. The number of aliphatic hydroxyl groups excluding tert-OH is 1. The predicted molar refractivity (Wildman–Crippen MR) is 79.6 cm³/mol. The molecule has 0 aliphatic carbocycles. The van der Waals surface area contributed by atoms with E-state index in [9.17, 15) is 14.7 Å². The highest BCUT2D eigenvalue weighted by Crippen LogP contribution is 2.19. The van der Waals surface area contributed by atoms with Crippen molar-refractivity contribution in [2.75, 3.05) is 26.7 Å². The Balaban J connectivity index is 2.45. The van der Waals surface area contributed by atoms with Gasteiger partial charge in [0, 0.05) is 6.54 Å². The third-order valence-electron chi connectivity index (χ3n) is 3.89. The topological polar surface area (TPSA) is 78.9 Å². The van der Waals surface area contributed by atoms with Crippen molar-refractivity contribution in [2.24, 2.45) is 11.8 Å². The quantitative estimate of drug-likeness (QED) is 0.665. The Labute approximate surface area is 126 Å². The summed E-state index contributed by atoms with van der Waals surface area (Å²) in [4.78, 5) is 25.8. The summed E-state index contributed by atoms with van der Waals surface area (Å²) in [5.41, 5.74) is 0. The van der Waals surface area contributed by atoms with Crippen molar-refractivity contribution in [1.82, 2.24) is 10.2 Å². The number of aliphatic hydroxyl groups is 1. The van der Waals surface area contributed by atoms with E-state index < -0.39 is 12.0 Å². The van der Waals surface area contributed by atoms with Gasteiger partial charge in [-0.15, -0.1) is 0 Å². The Bertz CT molecular complexity index is 358. The molecule has 2 N–H and O–H groups in total. The number of esters is 1. The third-order valence-corrected chi connectivity index (χ3v) is 3.89. The smallest absolute Gasteiger partial charge is 0.328 e. The summed E-state index contributed by atoms with van der Waals surface area (Å²) < 4.78 is 4.73. The first-order valence-electron chi connectivity index (χ1n) is 7.61. The molecule has 3 atom stereocenters. The van der Waals surface area contributed by atoms with Crippen LogP contribution in [0.5, 0.6) is 0 Å². The molecule has 3 unspecified atom stereocenters. The van der Waals surface area contributed by atoms with Crippen LogP contribution in [0.2, 0.25) is 0 Å². The maximum absolute atomic E-state index is 12.1. The number of nitrogens with one attached hydrogen (secondary N) is 1. The summed E-state index contributed by atoms with van der Waals surface area (Å²) in [7, 11) is 1.33. The van der Waals surface area contributed by atoms with E-state index in [1.807, 2.05) is 18.7 Å². The zero-order valence-corrected chi connectivity index (χ0v) is 13.5. The first-order chi connectivity index (χ1) is 9.83. The molecule has 0 bridgehead atoms. The highest BCUT2D eigenvalue weighted by molar-refractivity contribution is 5.85. The van der Waals surface area contributed by atoms with Crippen molar-refractivity contribution in [3.05, 3.63) is 0 Å². The number of rotatable bonds is 7. The molecule has 0 spiro atoms. The van der Waals surface area contributed by atoms with E-state index in [4.69, 9.17) is 4.74 Å². The molecular formula is C15H28N2O4. The molecule has 122 valence electrons. The van der Waals surface area contributed by atoms with Crippen molar-refractivity contribution in [2.45, 2.75) is 45.8 Å². The van der Waals surface area contributed by atoms with Gasteiger partial charge in [0.2, 0.25) is 5.91 Å². The minimum Gasteiger partial charge on any atom is -0.467 e. The largest absolute Gasteiger partial charge is 0.467 e. The van der Waals surface area contributed by atoms with Crippen LogP contribution < -0.4 is 5.32 Å². The van der Waals surface area contributed by atoms with Gasteiger partial charge in [-0.3, -0.25) is 9.69 Å². The second-order valence-electron chi connectivity index (χ2n) is 6.30. The van der Waals surface area contributed by atoms with Crippen molar-refractivity contribution < 1.29 is 19.4 Å². The summed E-state index contributed by atoms with van der Waals surface area (Å²) in [6.45, 7) is 7.55. The Kier molecular flexibility index (Phi) is 7.11. The van der Waals surface area contributed by atoms with E-state index >= 15 is 0 Å². The molecule has 1 saturated heterocycles. The lowest BCUT2D eigenvalue weighted by molar-refractivity contribution is -0.145. The number of ether oxygens (including phenoxy) is 1. The van der Waals surface area contributed by atoms with E-state index in [1.165, 1.54) is 7.11 Å². The van der Waals surface area contributed by atoms with E-state index in [1.54, 1.807) is 6.92 Å². The standard InChI is InChI=1S/C15H28N2O4/c1-10(2)7-13(15(20)21-4)16-14(19)9-17-6-5-12(8-17)11(3)18/h10-13,18H,5-9H2,1-4H3,(H,16,19). The molecule has 1 fully saturated rings. The molecule has 21 heavy (non-hydrogen) atoms. The SMILES string of the molecule is COC(=O)C(CC(C)C)NC(=O)CN1CCC(C(C)O)C1. The zero-order chi connectivity index (χ0) is 16.0. The van der Waals surface area contributed by atoms with E-state index in [-0.39, 0.29) is 24.5 Å². The van der Waals surface area contributed by atoms with Gasteiger partial charge in [-0.2, -0.15) is 0 Å². The fraction of sp³-hybridized carbons (Fsp3) is 0.867. The number of carbonyl (C=O) groups is 2. The van der Waals surface area contributed by atoms with Crippen molar-refractivity contribution >= 4 is 11.9 Å². The fourth-order valence-electron chi connectivity index (χ4n) is 2.67. The van der Waals surface area contributed by atoms with Crippen LogP contribution >= 0.6 is 0 Å². The molecule has 0 aromatic rings. The van der Waals surface area contributed by atoms with Crippen molar-refractivity contribution in [3.63, 3.8) is 0 Å². The molecule has 0 aromatic heterocycles. The molecule has 0 saturated carbocycles. The Morgan fingerprint density at radius 1 is 1.38 bits per heavy atom. The summed E-state index contributed by atoms with van der Waals surface area (Å²) in [6, 6.07) is -0.585. The third kappa shape index (κ3) is 6.01. The first-order valence-corrected chi connectivity index (χ1v) is 7.61.